The molecule has 5 rings (SSSR count). The number of carbonyl (C=O) groups is 2. The van der Waals surface area contributed by atoms with E-state index in [-0.39, 0.29) is 30.3 Å². The Morgan fingerprint density at radius 1 is 0.895 bits per heavy atom. The zero-order valence-corrected chi connectivity index (χ0v) is 20.8. The Balaban J connectivity index is 1.29. The van der Waals surface area contributed by atoms with Crippen molar-refractivity contribution in [2.45, 2.75) is 18.4 Å². The van der Waals surface area contributed by atoms with E-state index < -0.39 is 23.9 Å². The number of rotatable bonds is 8. The number of alkyl carbamates (subject to hydrolysis) is 1. The molecule has 0 saturated heterocycles. The Kier molecular flexibility index (Phi) is 7.29. The number of carboxylic acid groups (broad SMARTS) is 1. The van der Waals surface area contributed by atoms with Gasteiger partial charge in [-0.25, -0.2) is 14.0 Å². The molecule has 38 heavy (non-hydrogen) atoms. The second-order valence-electron chi connectivity index (χ2n) is 8.84. The number of ether oxygens (including phenoxy) is 2. The first-order valence-corrected chi connectivity index (χ1v) is 12.3. The van der Waals surface area contributed by atoms with Crippen molar-refractivity contribution in [1.29, 1.82) is 0 Å². The Hall–Kier alpha value is -4.36. The summed E-state index contributed by atoms with van der Waals surface area (Å²) in [4.78, 5) is 24.7. The lowest BCUT2D eigenvalue weighted by Gasteiger charge is -2.19. The summed E-state index contributed by atoms with van der Waals surface area (Å²) >= 11 is 5.91. The molecule has 4 aromatic rings. The van der Waals surface area contributed by atoms with Gasteiger partial charge in [0.1, 0.15) is 30.0 Å². The lowest BCUT2D eigenvalue weighted by molar-refractivity contribution is -0.139. The molecule has 1 unspecified atom stereocenters. The van der Waals surface area contributed by atoms with E-state index in [0.717, 1.165) is 22.3 Å². The van der Waals surface area contributed by atoms with Crippen LogP contribution in [0.4, 0.5) is 9.18 Å². The largest absolute Gasteiger partial charge is 0.480 e. The highest BCUT2D eigenvalue weighted by Gasteiger charge is 2.30. The van der Waals surface area contributed by atoms with E-state index in [0.29, 0.717) is 10.8 Å². The van der Waals surface area contributed by atoms with Gasteiger partial charge >= 0.3 is 12.1 Å². The molecule has 0 bridgehead atoms. The standard InChI is InChI=1S/C30H23ClFNO5/c31-18-12-14-19(15-13-18)38-28-11-5-10-26(32)24(28)16-27(29(34)35)33-30(36)37-17-25-22-8-3-1-6-20(22)21-7-2-4-9-23(21)25/h1-15,25,27H,16-17H2,(H,33,36)(H,34,35). The maximum Gasteiger partial charge on any atom is 0.407 e. The molecule has 1 amide bonds. The van der Waals surface area contributed by atoms with Gasteiger partial charge in [-0.3, -0.25) is 0 Å². The number of amides is 1. The Bertz CT molecular complexity index is 1440. The highest BCUT2D eigenvalue weighted by atomic mass is 35.5. The minimum absolute atomic E-state index is 0.00815. The molecule has 0 saturated carbocycles. The van der Waals surface area contributed by atoms with E-state index in [1.807, 2.05) is 48.5 Å². The van der Waals surface area contributed by atoms with Crippen LogP contribution >= 0.6 is 11.6 Å². The van der Waals surface area contributed by atoms with Crippen molar-refractivity contribution in [3.05, 3.63) is 119 Å². The predicted octanol–water partition coefficient (Wildman–Crippen LogP) is 6.81. The van der Waals surface area contributed by atoms with Crippen LogP contribution in [0.15, 0.2) is 91.0 Å². The molecule has 0 aliphatic heterocycles. The summed E-state index contributed by atoms with van der Waals surface area (Å²) in [6, 6.07) is 25.0. The van der Waals surface area contributed by atoms with E-state index in [9.17, 15) is 19.1 Å². The van der Waals surface area contributed by atoms with Gasteiger partial charge in [0.15, 0.2) is 0 Å². The molecule has 1 atom stereocenters. The minimum Gasteiger partial charge on any atom is -0.480 e. The normalized spacial score (nSPS) is 12.8. The third kappa shape index (κ3) is 5.33. The van der Waals surface area contributed by atoms with Crippen LogP contribution in [0.1, 0.15) is 22.6 Å². The van der Waals surface area contributed by atoms with Crippen LogP contribution in [0.25, 0.3) is 11.1 Å². The first kappa shape index (κ1) is 25.3. The minimum atomic E-state index is -1.45. The lowest BCUT2D eigenvalue weighted by atomic mass is 9.98. The summed E-state index contributed by atoms with van der Waals surface area (Å²) in [5.74, 6) is -1.64. The van der Waals surface area contributed by atoms with Crippen LogP contribution in [0, 0.1) is 5.82 Å². The summed E-state index contributed by atoms with van der Waals surface area (Å²) in [6.45, 7) is 0.0246. The molecular formula is C30H23ClFNO5. The van der Waals surface area contributed by atoms with Crippen LogP contribution in [0.2, 0.25) is 5.02 Å². The van der Waals surface area contributed by atoms with Crippen LogP contribution in [0.3, 0.4) is 0 Å². The van der Waals surface area contributed by atoms with E-state index >= 15 is 0 Å². The van der Waals surface area contributed by atoms with Crippen molar-refractivity contribution in [2.24, 2.45) is 0 Å². The van der Waals surface area contributed by atoms with Crippen molar-refractivity contribution in [2.75, 3.05) is 6.61 Å². The summed E-state index contributed by atoms with van der Waals surface area (Å²) in [6.07, 6.45) is -1.26. The number of carbonyl (C=O) groups excluding carboxylic acids is 1. The first-order valence-electron chi connectivity index (χ1n) is 12.0. The smallest absolute Gasteiger partial charge is 0.407 e. The average molecular weight is 532 g/mol. The highest BCUT2D eigenvalue weighted by Crippen LogP contribution is 2.44. The molecule has 1 aliphatic carbocycles. The molecule has 4 aromatic carbocycles. The van der Waals surface area contributed by atoms with Crippen molar-refractivity contribution in [3.63, 3.8) is 0 Å². The molecule has 0 radical (unpaired) electrons. The molecule has 6 nitrogen and oxygen atoms in total. The van der Waals surface area contributed by atoms with Gasteiger partial charge in [0.25, 0.3) is 0 Å². The fourth-order valence-electron chi connectivity index (χ4n) is 4.65. The van der Waals surface area contributed by atoms with Crippen molar-refractivity contribution in [1.82, 2.24) is 5.32 Å². The van der Waals surface area contributed by atoms with Gasteiger partial charge in [-0.2, -0.15) is 0 Å². The number of aliphatic carboxylic acids is 1. The van der Waals surface area contributed by atoms with Crippen molar-refractivity contribution in [3.8, 4) is 22.6 Å². The molecule has 1 aliphatic rings. The van der Waals surface area contributed by atoms with Gasteiger partial charge in [0, 0.05) is 22.9 Å². The monoisotopic (exact) mass is 531 g/mol. The van der Waals surface area contributed by atoms with Crippen molar-refractivity contribution < 1.29 is 28.6 Å². The third-order valence-corrected chi connectivity index (χ3v) is 6.71. The van der Waals surface area contributed by atoms with Gasteiger partial charge in [-0.1, -0.05) is 66.2 Å². The predicted molar refractivity (Wildman–Crippen MR) is 141 cm³/mol. The van der Waals surface area contributed by atoms with Crippen LogP contribution < -0.4 is 10.1 Å². The number of hydrogen-bond donors (Lipinski definition) is 2. The van der Waals surface area contributed by atoms with E-state index in [4.69, 9.17) is 21.1 Å². The number of halogens is 2. The van der Waals surface area contributed by atoms with Crippen LogP contribution in [-0.2, 0) is 16.0 Å². The third-order valence-electron chi connectivity index (χ3n) is 6.46. The quantitative estimate of drug-likeness (QED) is 0.261. The summed E-state index contributed by atoms with van der Waals surface area (Å²) in [5.41, 5.74) is 4.23. The zero-order valence-electron chi connectivity index (χ0n) is 20.1. The van der Waals surface area contributed by atoms with Crippen molar-refractivity contribution >= 4 is 23.7 Å². The number of nitrogens with one attached hydrogen (secondary N) is 1. The molecule has 192 valence electrons. The van der Waals surface area contributed by atoms with Crippen LogP contribution in [-0.4, -0.2) is 29.8 Å². The second-order valence-corrected chi connectivity index (χ2v) is 9.27. The van der Waals surface area contributed by atoms with E-state index in [1.54, 1.807) is 24.3 Å². The maximum atomic E-state index is 14.8. The lowest BCUT2D eigenvalue weighted by Crippen LogP contribution is -2.43. The maximum absolute atomic E-state index is 14.8. The Morgan fingerprint density at radius 3 is 2.16 bits per heavy atom. The molecule has 2 N–H and O–H groups in total. The molecule has 8 heteroatoms. The number of fused-ring (bicyclic) bond motifs is 3. The van der Waals surface area contributed by atoms with E-state index in [2.05, 4.69) is 5.32 Å². The highest BCUT2D eigenvalue weighted by molar-refractivity contribution is 6.30. The number of benzene rings is 4. The van der Waals surface area contributed by atoms with E-state index in [1.165, 1.54) is 18.2 Å². The van der Waals surface area contributed by atoms with Gasteiger partial charge in [-0.05, 0) is 58.7 Å². The molecule has 0 heterocycles. The second kappa shape index (κ2) is 10.9. The van der Waals surface area contributed by atoms with Gasteiger partial charge in [0.2, 0.25) is 0 Å². The molecule has 0 fully saturated rings. The first-order chi connectivity index (χ1) is 18.4. The summed E-state index contributed by atoms with van der Waals surface area (Å²) in [5, 5.41) is 12.6. The average Bonchev–Trinajstić information content (AvgIpc) is 3.23. The van der Waals surface area contributed by atoms with Gasteiger partial charge in [0.05, 0.1) is 0 Å². The summed E-state index contributed by atoms with van der Waals surface area (Å²) < 4.78 is 26.0. The Morgan fingerprint density at radius 2 is 1.53 bits per heavy atom. The summed E-state index contributed by atoms with van der Waals surface area (Å²) in [7, 11) is 0. The fourth-order valence-corrected chi connectivity index (χ4v) is 4.77. The van der Waals surface area contributed by atoms with Crippen LogP contribution in [0.5, 0.6) is 11.5 Å². The van der Waals surface area contributed by atoms with Gasteiger partial charge < -0.3 is 19.9 Å². The molecule has 0 spiro atoms. The topological polar surface area (TPSA) is 84.9 Å². The zero-order chi connectivity index (χ0) is 26.6. The fraction of sp³-hybridized carbons (Fsp3) is 0.133. The van der Waals surface area contributed by atoms with Gasteiger partial charge in [-0.15, -0.1) is 0 Å². The molecular weight excluding hydrogens is 509 g/mol. The molecule has 0 aromatic heterocycles. The Labute approximate surface area is 223 Å². The SMILES string of the molecule is O=C(NC(Cc1c(F)cccc1Oc1ccc(Cl)cc1)C(=O)O)OCC1c2ccccc2-c2ccccc21. The number of hydrogen-bond acceptors (Lipinski definition) is 4. The number of carboxylic acids is 1.